The predicted octanol–water partition coefficient (Wildman–Crippen LogP) is -1.16. The summed E-state index contributed by atoms with van der Waals surface area (Å²) in [6.45, 7) is 2.20. The number of aliphatic hydroxyl groups excluding tert-OH is 2. The van der Waals surface area contributed by atoms with Crippen LogP contribution in [-0.4, -0.2) is 49.5 Å². The van der Waals surface area contributed by atoms with Crippen LogP contribution in [-0.2, 0) is 4.74 Å². The van der Waals surface area contributed by atoms with Gasteiger partial charge in [0, 0.05) is 0 Å². The van der Waals surface area contributed by atoms with Crippen molar-refractivity contribution in [1.29, 1.82) is 0 Å². The first kappa shape index (κ1) is 16.4. The molecule has 0 amide bonds. The number of nitrogens with two attached hydrogens (primary N) is 1. The summed E-state index contributed by atoms with van der Waals surface area (Å²) in [5, 5.41) is 22.9. The summed E-state index contributed by atoms with van der Waals surface area (Å²) >= 11 is 0. The van der Waals surface area contributed by atoms with Crippen LogP contribution in [0.5, 0.6) is 0 Å². The molecule has 0 bridgehead atoms. The Hall–Kier alpha value is -2.02. The molecule has 2 heterocycles. The Kier molecular flexibility index (Phi) is 4.46. The highest BCUT2D eigenvalue weighted by atomic mass is 19.1. The van der Waals surface area contributed by atoms with Crippen molar-refractivity contribution >= 4 is 5.82 Å². The van der Waals surface area contributed by atoms with Crippen LogP contribution in [0.3, 0.4) is 0 Å². The van der Waals surface area contributed by atoms with Crippen LogP contribution in [0.1, 0.15) is 20.1 Å². The summed E-state index contributed by atoms with van der Waals surface area (Å²) in [6.07, 6.45) is -2.59. The largest absolute Gasteiger partial charge is 0.396 e. The Labute approximate surface area is 125 Å². The number of nitrogen functional groups attached to an aromatic ring is 1. The third-order valence-electron chi connectivity index (χ3n) is 3.53. The monoisotopic (exact) mass is 312 g/mol. The normalized spacial score (nSPS) is 32.3. The van der Waals surface area contributed by atoms with Gasteiger partial charge >= 0.3 is 5.69 Å². The second-order valence-corrected chi connectivity index (χ2v) is 5.03. The summed E-state index contributed by atoms with van der Waals surface area (Å²) < 4.78 is 21.5. The summed E-state index contributed by atoms with van der Waals surface area (Å²) in [5.74, 6) is 3.49. The molecule has 8 nitrogen and oxygen atoms in total. The number of halogens is 1. The van der Waals surface area contributed by atoms with Gasteiger partial charge in [-0.3, -0.25) is 0 Å². The van der Waals surface area contributed by atoms with E-state index in [1.165, 1.54) is 13.8 Å². The molecule has 2 rings (SSSR count). The Morgan fingerprint density at radius 3 is 2.86 bits per heavy atom. The number of aliphatic hydroxyl groups is 2. The van der Waals surface area contributed by atoms with Crippen LogP contribution in [0.2, 0.25) is 0 Å². The van der Waals surface area contributed by atoms with Crippen LogP contribution in [0.4, 0.5) is 10.2 Å². The molecule has 22 heavy (non-hydrogen) atoms. The fraction of sp³-hybridized carbons (Fsp3) is 0.615. The maximum absolute atomic E-state index is 15.4. The smallest absolute Gasteiger partial charge is 0.368 e. The van der Waals surface area contributed by atoms with Crippen molar-refractivity contribution < 1.29 is 19.3 Å². The second-order valence-electron chi connectivity index (χ2n) is 5.03. The van der Waals surface area contributed by atoms with Gasteiger partial charge in [-0.2, -0.15) is 14.8 Å². The van der Waals surface area contributed by atoms with E-state index in [0.717, 1.165) is 6.20 Å². The molecule has 9 heteroatoms. The van der Waals surface area contributed by atoms with Gasteiger partial charge in [0.05, 0.1) is 30.9 Å². The maximum atomic E-state index is 15.4. The quantitative estimate of drug-likeness (QED) is 0.601. The Bertz CT molecular complexity index is 668. The second kappa shape index (κ2) is 6.00. The molecule has 0 spiro atoms. The number of hydrogen-bond acceptors (Lipinski definition) is 7. The minimum atomic E-state index is -2.40. The van der Waals surface area contributed by atoms with E-state index < -0.39 is 42.3 Å². The Balaban J connectivity index is 2.57. The van der Waals surface area contributed by atoms with E-state index in [9.17, 15) is 15.0 Å². The lowest BCUT2D eigenvalue weighted by Crippen LogP contribution is -2.44. The first-order chi connectivity index (χ1) is 10.3. The summed E-state index contributed by atoms with van der Waals surface area (Å²) in [6, 6.07) is 0. The lowest BCUT2D eigenvalue weighted by atomic mass is 9.85. The van der Waals surface area contributed by atoms with E-state index in [2.05, 4.69) is 21.9 Å². The van der Waals surface area contributed by atoms with Crippen molar-refractivity contribution in [3.05, 3.63) is 16.7 Å². The average Bonchev–Trinajstić information content (AvgIpc) is 2.72. The molecular weight excluding hydrogens is 295 g/mol. The van der Waals surface area contributed by atoms with Crippen LogP contribution in [0, 0.1) is 17.8 Å². The average molecular weight is 312 g/mol. The molecule has 0 radical (unpaired) electrons. The molecule has 1 aromatic rings. The number of ether oxygens (including phenoxy) is 1. The number of alkyl halides is 1. The molecule has 0 saturated carbocycles. The van der Waals surface area contributed by atoms with Gasteiger partial charge in [0.1, 0.15) is 5.82 Å². The topological polar surface area (TPSA) is 123 Å². The maximum Gasteiger partial charge on any atom is 0.368 e. The third kappa shape index (κ3) is 2.56. The summed E-state index contributed by atoms with van der Waals surface area (Å²) in [7, 11) is 0. The molecule has 2 unspecified atom stereocenters. The molecule has 1 aliphatic rings. The van der Waals surface area contributed by atoms with Gasteiger partial charge in [-0.15, -0.1) is 5.92 Å². The van der Waals surface area contributed by atoms with Crippen molar-refractivity contribution in [3.63, 3.8) is 0 Å². The lowest BCUT2D eigenvalue weighted by Gasteiger charge is -2.25. The highest BCUT2D eigenvalue weighted by Gasteiger charge is 2.59. The van der Waals surface area contributed by atoms with Crippen LogP contribution in [0.15, 0.2) is 11.0 Å². The lowest BCUT2D eigenvalue weighted by molar-refractivity contribution is -0.0817. The zero-order chi connectivity index (χ0) is 16.5. The Morgan fingerprint density at radius 1 is 1.68 bits per heavy atom. The highest BCUT2D eigenvalue weighted by molar-refractivity contribution is 5.23. The van der Waals surface area contributed by atoms with E-state index in [0.29, 0.717) is 4.68 Å². The fourth-order valence-corrected chi connectivity index (χ4v) is 2.56. The van der Waals surface area contributed by atoms with Gasteiger partial charge in [-0.25, -0.2) is 9.18 Å². The van der Waals surface area contributed by atoms with Gasteiger partial charge in [-0.05, 0) is 13.8 Å². The van der Waals surface area contributed by atoms with Crippen molar-refractivity contribution in [1.82, 2.24) is 14.8 Å². The van der Waals surface area contributed by atoms with Gasteiger partial charge in [0.2, 0.25) is 11.9 Å². The number of nitrogens with zero attached hydrogens (tertiary/aromatic N) is 3. The van der Waals surface area contributed by atoms with Gasteiger partial charge in [-0.1, -0.05) is 5.92 Å². The fourth-order valence-electron chi connectivity index (χ4n) is 2.56. The first-order valence-corrected chi connectivity index (χ1v) is 6.63. The molecule has 4 N–H and O–H groups in total. The number of rotatable bonds is 3. The van der Waals surface area contributed by atoms with E-state index in [1.54, 1.807) is 0 Å². The molecule has 5 atom stereocenters. The van der Waals surface area contributed by atoms with Crippen LogP contribution in [0.25, 0.3) is 0 Å². The molecular formula is C13H17FN4O4. The standard InChI is InChI=1S/C13H17FN4O4/c1-3-4-13(14)8(6-19)10(7(2)20)22-11(13)18-12(21)17-9(15)5-16-18/h5,7-8,10-11,19-20H,6H2,1-2H3,(H2,15,17,21)/t7-,8?,10-,11-,13?/m1/s1. The molecule has 0 aromatic carbocycles. The molecule has 0 aliphatic carbocycles. The number of aromatic nitrogens is 3. The minimum absolute atomic E-state index is 0.115. The van der Waals surface area contributed by atoms with Crippen LogP contribution < -0.4 is 11.4 Å². The summed E-state index contributed by atoms with van der Waals surface area (Å²) in [4.78, 5) is 15.3. The highest BCUT2D eigenvalue weighted by Crippen LogP contribution is 2.45. The first-order valence-electron chi connectivity index (χ1n) is 6.63. The predicted molar refractivity (Wildman–Crippen MR) is 74.2 cm³/mol. The van der Waals surface area contributed by atoms with E-state index in [4.69, 9.17) is 10.5 Å². The third-order valence-corrected chi connectivity index (χ3v) is 3.53. The molecule has 120 valence electrons. The van der Waals surface area contributed by atoms with Crippen molar-refractivity contribution in [2.45, 2.75) is 38.0 Å². The van der Waals surface area contributed by atoms with Crippen LogP contribution >= 0.6 is 0 Å². The number of hydrogen-bond donors (Lipinski definition) is 3. The molecule has 1 saturated heterocycles. The van der Waals surface area contributed by atoms with Crippen molar-refractivity contribution in [2.24, 2.45) is 5.92 Å². The Morgan fingerprint density at radius 2 is 2.36 bits per heavy atom. The van der Waals surface area contributed by atoms with Crippen molar-refractivity contribution in [3.8, 4) is 11.8 Å². The SMILES string of the molecule is CC#CC1(F)C(CO)[C@@H]([C@@H](C)O)O[C@H]1n1ncc(N)nc1=O. The van der Waals surface area contributed by atoms with Crippen molar-refractivity contribution in [2.75, 3.05) is 12.3 Å². The minimum Gasteiger partial charge on any atom is -0.396 e. The zero-order valence-electron chi connectivity index (χ0n) is 12.1. The molecule has 1 fully saturated rings. The zero-order valence-corrected chi connectivity index (χ0v) is 12.1. The van der Waals surface area contributed by atoms with Gasteiger partial charge in [0.15, 0.2) is 0 Å². The van der Waals surface area contributed by atoms with Gasteiger partial charge in [0.25, 0.3) is 0 Å². The number of anilines is 1. The van der Waals surface area contributed by atoms with Gasteiger partial charge < -0.3 is 20.7 Å². The van der Waals surface area contributed by atoms with E-state index >= 15 is 4.39 Å². The molecule has 1 aliphatic heterocycles. The summed E-state index contributed by atoms with van der Waals surface area (Å²) in [5.41, 5.74) is 2.04. The van der Waals surface area contributed by atoms with E-state index in [-0.39, 0.29) is 5.82 Å². The van der Waals surface area contributed by atoms with E-state index in [1.807, 2.05) is 0 Å². The molecule has 1 aromatic heterocycles.